The molecule has 0 amide bonds. The van der Waals surface area contributed by atoms with Crippen LogP contribution in [0.1, 0.15) is 58.8 Å². The number of hydrogen-bond acceptors (Lipinski definition) is 3. The number of rotatable bonds is 8. The Bertz CT molecular complexity index is 222. The van der Waals surface area contributed by atoms with Gasteiger partial charge in [0, 0.05) is 25.0 Å². The smallest absolute Gasteiger partial charge is 0.140 e. The number of ether oxygens (including phenoxy) is 1. The summed E-state index contributed by atoms with van der Waals surface area (Å²) in [7, 11) is 0. The third-order valence-corrected chi connectivity index (χ3v) is 4.29. The van der Waals surface area contributed by atoms with Crippen LogP contribution in [0.2, 0.25) is 0 Å². The first kappa shape index (κ1) is 14.7. The number of hydrogen-bond donors (Lipinski definition) is 1. The van der Waals surface area contributed by atoms with Gasteiger partial charge in [0.05, 0.1) is 6.10 Å². The maximum Gasteiger partial charge on any atom is 0.140 e. The molecule has 1 saturated heterocycles. The third-order valence-electron chi connectivity index (χ3n) is 4.29. The number of carbonyl (C=O) groups excluding carboxylic acids is 1. The van der Waals surface area contributed by atoms with Gasteiger partial charge in [-0.3, -0.25) is 4.79 Å². The average Bonchev–Trinajstić information content (AvgIpc) is 2.85. The molecule has 3 heteroatoms. The largest absolute Gasteiger partial charge is 0.378 e. The van der Waals surface area contributed by atoms with E-state index < -0.39 is 0 Å². The molecule has 100 valence electrons. The molecule has 0 spiro atoms. The summed E-state index contributed by atoms with van der Waals surface area (Å²) in [5, 5.41) is 0. The minimum Gasteiger partial charge on any atom is -0.378 e. The Balaban J connectivity index is 2.31. The van der Waals surface area contributed by atoms with E-state index in [0.717, 1.165) is 38.7 Å². The summed E-state index contributed by atoms with van der Waals surface area (Å²) in [5.41, 5.74) is 5.51. The van der Waals surface area contributed by atoms with E-state index in [0.29, 0.717) is 24.9 Å². The zero-order valence-corrected chi connectivity index (χ0v) is 11.3. The van der Waals surface area contributed by atoms with Gasteiger partial charge in [-0.15, -0.1) is 0 Å². The molecule has 1 aliphatic heterocycles. The molecule has 0 aromatic heterocycles. The lowest BCUT2D eigenvalue weighted by Crippen LogP contribution is -2.37. The van der Waals surface area contributed by atoms with Crippen molar-refractivity contribution in [3.63, 3.8) is 0 Å². The number of carbonyl (C=O) groups is 1. The fourth-order valence-electron chi connectivity index (χ4n) is 2.67. The molecule has 0 aromatic rings. The highest BCUT2D eigenvalue weighted by molar-refractivity contribution is 5.84. The average molecular weight is 241 g/mol. The van der Waals surface area contributed by atoms with Gasteiger partial charge in [-0.05, 0) is 38.5 Å². The molecule has 0 aliphatic carbocycles. The van der Waals surface area contributed by atoms with Crippen LogP contribution in [0, 0.1) is 5.41 Å². The van der Waals surface area contributed by atoms with Gasteiger partial charge in [0.2, 0.25) is 0 Å². The van der Waals surface area contributed by atoms with E-state index >= 15 is 0 Å². The SMILES string of the molecule is CCC(CC)(CN)C(=O)CCCC1CCCO1. The summed E-state index contributed by atoms with van der Waals surface area (Å²) in [6.45, 7) is 5.51. The Morgan fingerprint density at radius 2 is 2.12 bits per heavy atom. The molecule has 2 N–H and O–H groups in total. The summed E-state index contributed by atoms with van der Waals surface area (Å²) in [6.07, 6.45) is 7.10. The first-order valence-electron chi connectivity index (χ1n) is 7.03. The van der Waals surface area contributed by atoms with Gasteiger partial charge >= 0.3 is 0 Å². The molecular weight excluding hydrogens is 214 g/mol. The van der Waals surface area contributed by atoms with Crippen LogP contribution in [0.4, 0.5) is 0 Å². The van der Waals surface area contributed by atoms with Crippen LogP contribution in [0.3, 0.4) is 0 Å². The third kappa shape index (κ3) is 3.78. The maximum atomic E-state index is 12.2. The number of Topliss-reactive ketones (excluding diaryl/α,β-unsaturated/α-hetero) is 1. The molecule has 1 atom stereocenters. The monoisotopic (exact) mass is 241 g/mol. The van der Waals surface area contributed by atoms with Gasteiger partial charge < -0.3 is 10.5 Å². The second-order valence-electron chi connectivity index (χ2n) is 5.14. The molecule has 0 bridgehead atoms. The van der Waals surface area contributed by atoms with E-state index in [-0.39, 0.29) is 5.41 Å². The predicted octanol–water partition coefficient (Wildman–Crippen LogP) is 2.67. The molecule has 17 heavy (non-hydrogen) atoms. The Labute approximate surface area is 105 Å². The minimum atomic E-state index is -0.267. The van der Waals surface area contributed by atoms with Crippen LogP contribution in [0.5, 0.6) is 0 Å². The van der Waals surface area contributed by atoms with Crippen molar-refractivity contribution in [3.8, 4) is 0 Å². The van der Waals surface area contributed by atoms with Crippen LogP contribution in [-0.4, -0.2) is 25.0 Å². The molecular formula is C14H27NO2. The van der Waals surface area contributed by atoms with Crippen LogP contribution >= 0.6 is 0 Å². The normalized spacial score (nSPS) is 20.8. The molecule has 1 heterocycles. The highest BCUT2D eigenvalue weighted by Crippen LogP contribution is 2.29. The topological polar surface area (TPSA) is 52.3 Å². The summed E-state index contributed by atoms with van der Waals surface area (Å²) < 4.78 is 5.56. The summed E-state index contributed by atoms with van der Waals surface area (Å²) >= 11 is 0. The van der Waals surface area contributed by atoms with Crippen LogP contribution in [0.25, 0.3) is 0 Å². The molecule has 1 unspecified atom stereocenters. The van der Waals surface area contributed by atoms with Crippen molar-refractivity contribution in [2.75, 3.05) is 13.2 Å². The number of nitrogens with two attached hydrogens (primary N) is 1. The highest BCUT2D eigenvalue weighted by Gasteiger charge is 2.32. The second-order valence-corrected chi connectivity index (χ2v) is 5.14. The van der Waals surface area contributed by atoms with Crippen molar-refractivity contribution < 1.29 is 9.53 Å². The fraction of sp³-hybridized carbons (Fsp3) is 0.929. The van der Waals surface area contributed by atoms with Gasteiger partial charge in [0.25, 0.3) is 0 Å². The van der Waals surface area contributed by atoms with E-state index in [1.807, 2.05) is 0 Å². The van der Waals surface area contributed by atoms with Crippen LogP contribution in [0.15, 0.2) is 0 Å². The van der Waals surface area contributed by atoms with Crippen molar-refractivity contribution in [1.82, 2.24) is 0 Å². The molecule has 0 radical (unpaired) electrons. The Hall–Kier alpha value is -0.410. The zero-order valence-electron chi connectivity index (χ0n) is 11.3. The summed E-state index contributed by atoms with van der Waals surface area (Å²) in [5.74, 6) is 0.350. The standard InChI is InChI=1S/C14H27NO2/c1-3-14(4-2,11-15)13(16)9-5-7-12-8-6-10-17-12/h12H,3-11,15H2,1-2H3. The van der Waals surface area contributed by atoms with E-state index in [4.69, 9.17) is 10.5 Å². The summed E-state index contributed by atoms with van der Waals surface area (Å²) in [4.78, 5) is 12.2. The van der Waals surface area contributed by atoms with Crippen molar-refractivity contribution in [1.29, 1.82) is 0 Å². The van der Waals surface area contributed by atoms with E-state index in [9.17, 15) is 4.79 Å². The first-order chi connectivity index (χ1) is 8.18. The Kier molecular flexibility index (Phi) is 6.14. The van der Waals surface area contributed by atoms with Crippen molar-refractivity contribution >= 4 is 5.78 Å². The number of ketones is 1. The fourth-order valence-corrected chi connectivity index (χ4v) is 2.67. The quantitative estimate of drug-likeness (QED) is 0.711. The van der Waals surface area contributed by atoms with Gasteiger partial charge in [-0.2, -0.15) is 0 Å². The molecule has 3 nitrogen and oxygen atoms in total. The van der Waals surface area contributed by atoms with Crippen molar-refractivity contribution in [2.24, 2.45) is 11.1 Å². The first-order valence-corrected chi connectivity index (χ1v) is 7.03. The van der Waals surface area contributed by atoms with Gasteiger partial charge in [-0.1, -0.05) is 13.8 Å². The van der Waals surface area contributed by atoms with Crippen LogP contribution in [-0.2, 0) is 9.53 Å². The van der Waals surface area contributed by atoms with Crippen molar-refractivity contribution in [3.05, 3.63) is 0 Å². The molecule has 1 aliphatic rings. The maximum absolute atomic E-state index is 12.2. The summed E-state index contributed by atoms with van der Waals surface area (Å²) in [6, 6.07) is 0. The van der Waals surface area contributed by atoms with E-state index in [1.165, 1.54) is 6.42 Å². The predicted molar refractivity (Wildman–Crippen MR) is 69.9 cm³/mol. The van der Waals surface area contributed by atoms with E-state index in [2.05, 4.69) is 13.8 Å². The van der Waals surface area contributed by atoms with Gasteiger partial charge in [0.15, 0.2) is 0 Å². The Morgan fingerprint density at radius 3 is 2.59 bits per heavy atom. The van der Waals surface area contributed by atoms with Crippen LogP contribution < -0.4 is 5.73 Å². The Morgan fingerprint density at radius 1 is 1.41 bits per heavy atom. The zero-order chi connectivity index (χ0) is 12.7. The lowest BCUT2D eigenvalue weighted by Gasteiger charge is -2.28. The molecule has 0 aromatic carbocycles. The molecule has 1 rings (SSSR count). The van der Waals surface area contributed by atoms with E-state index in [1.54, 1.807) is 0 Å². The molecule has 0 saturated carbocycles. The lowest BCUT2D eigenvalue weighted by atomic mass is 9.76. The lowest BCUT2D eigenvalue weighted by molar-refractivity contribution is -0.129. The van der Waals surface area contributed by atoms with Crippen molar-refractivity contribution in [2.45, 2.75) is 64.9 Å². The second kappa shape index (κ2) is 7.12. The van der Waals surface area contributed by atoms with Gasteiger partial charge in [0.1, 0.15) is 5.78 Å². The van der Waals surface area contributed by atoms with Gasteiger partial charge in [-0.25, -0.2) is 0 Å². The molecule has 1 fully saturated rings. The minimum absolute atomic E-state index is 0.267. The highest BCUT2D eigenvalue weighted by atomic mass is 16.5.